The molecule has 0 unspecified atom stereocenters. The third kappa shape index (κ3) is 4.91. The number of fused-ring (bicyclic) bond motifs is 6. The Morgan fingerprint density at radius 2 is 1.32 bits per heavy atom. The van der Waals surface area contributed by atoms with Gasteiger partial charge < -0.3 is 4.74 Å². The molecule has 0 amide bonds. The second-order valence-corrected chi connectivity index (χ2v) is 12.6. The molecule has 0 N–H and O–H groups in total. The Balaban J connectivity index is 1.18. The Morgan fingerprint density at radius 1 is 0.757 bits per heavy atom. The van der Waals surface area contributed by atoms with E-state index in [1.807, 2.05) is 5.41 Å². The molecule has 0 aliphatic rings. The van der Waals surface area contributed by atoms with Gasteiger partial charge in [0, 0.05) is 55.7 Å². The quantitative estimate of drug-likeness (QED) is 0.0806. The third-order valence-electron chi connectivity index (χ3n) is 6.25. The lowest BCUT2D eigenvalue weighted by atomic mass is 10.1. The van der Waals surface area contributed by atoms with Crippen LogP contribution in [0.3, 0.4) is 0 Å². The minimum Gasteiger partial charge on any atom is -0.451 e. The van der Waals surface area contributed by atoms with Gasteiger partial charge in [-0.05, 0) is 36.1 Å². The summed E-state index contributed by atoms with van der Waals surface area (Å²) in [4.78, 5) is 15.4. The van der Waals surface area contributed by atoms with E-state index in [0.29, 0.717) is 12.4 Å². The van der Waals surface area contributed by atoms with E-state index < -0.39 is 0 Å². The van der Waals surface area contributed by atoms with Crippen molar-refractivity contribution in [3.8, 4) is 0 Å². The van der Waals surface area contributed by atoms with Gasteiger partial charge in [0.1, 0.15) is 5.94 Å². The summed E-state index contributed by atoms with van der Waals surface area (Å²) in [6.45, 7) is 2.09. The van der Waals surface area contributed by atoms with E-state index in [1.165, 1.54) is 45.2 Å². The number of esters is 1. The predicted octanol–water partition coefficient (Wildman–Crippen LogP) is 10.5. The SMILES string of the molecule is CCCC(=CSc1cccc2c1sc1ccccc12)C(=O)OCSc1cccc2c1sc1ccccc12. The summed E-state index contributed by atoms with van der Waals surface area (Å²) in [5, 5.41) is 7.08. The van der Waals surface area contributed by atoms with Gasteiger partial charge in [0.15, 0.2) is 0 Å². The minimum absolute atomic E-state index is 0.228. The van der Waals surface area contributed by atoms with Gasteiger partial charge in [0.25, 0.3) is 0 Å². The number of thiophene rings is 2. The predicted molar refractivity (Wildman–Crippen MR) is 164 cm³/mol. The molecule has 6 heteroatoms. The highest BCUT2D eigenvalue weighted by molar-refractivity contribution is 8.02. The lowest BCUT2D eigenvalue weighted by Gasteiger charge is -2.08. The zero-order chi connectivity index (χ0) is 25.2. The summed E-state index contributed by atoms with van der Waals surface area (Å²) >= 11 is 6.80. The fourth-order valence-corrected chi connectivity index (χ4v) is 8.86. The van der Waals surface area contributed by atoms with Gasteiger partial charge in [0.2, 0.25) is 0 Å². The Hall–Kier alpha value is -2.77. The molecule has 2 heterocycles. The average molecular weight is 557 g/mol. The first kappa shape index (κ1) is 24.6. The van der Waals surface area contributed by atoms with Crippen molar-refractivity contribution in [1.29, 1.82) is 0 Å². The van der Waals surface area contributed by atoms with Crippen LogP contribution >= 0.6 is 46.2 Å². The van der Waals surface area contributed by atoms with Crippen LogP contribution in [0, 0.1) is 0 Å². The van der Waals surface area contributed by atoms with Crippen molar-refractivity contribution >= 4 is 92.5 Å². The number of hydrogen-bond acceptors (Lipinski definition) is 6. The summed E-state index contributed by atoms with van der Waals surface area (Å²) in [5.41, 5.74) is 0.728. The van der Waals surface area contributed by atoms with Gasteiger partial charge in [-0.1, -0.05) is 97.5 Å². The van der Waals surface area contributed by atoms with Gasteiger partial charge in [-0.2, -0.15) is 0 Å². The molecular formula is C31H24O2S4. The molecule has 0 aliphatic carbocycles. The molecule has 0 aliphatic heterocycles. The zero-order valence-electron chi connectivity index (χ0n) is 20.2. The fraction of sp³-hybridized carbons (Fsp3) is 0.129. The third-order valence-corrected chi connectivity index (χ3v) is 10.8. The first-order valence-electron chi connectivity index (χ1n) is 12.2. The standard InChI is InChI=1S/C31H24O2S4/c1-2-9-20(18-34-27-16-7-12-23-21-10-3-5-14-25(21)36-29(23)27)31(32)33-19-35-28-17-8-13-24-22-11-4-6-15-26(22)37-30(24)28/h3-8,10-18H,2,9,19H2,1H3. The molecule has 184 valence electrons. The van der Waals surface area contributed by atoms with Crippen molar-refractivity contribution in [2.45, 2.75) is 29.6 Å². The molecule has 6 rings (SSSR count). The molecular weight excluding hydrogens is 533 g/mol. The average Bonchev–Trinajstić information content (AvgIpc) is 3.50. The zero-order valence-corrected chi connectivity index (χ0v) is 23.5. The highest BCUT2D eigenvalue weighted by Crippen LogP contribution is 2.41. The molecule has 0 saturated heterocycles. The molecule has 2 aromatic heterocycles. The molecule has 0 bridgehead atoms. The van der Waals surface area contributed by atoms with Crippen LogP contribution in [0.25, 0.3) is 40.3 Å². The van der Waals surface area contributed by atoms with Crippen molar-refractivity contribution in [2.24, 2.45) is 0 Å². The number of hydrogen-bond donors (Lipinski definition) is 0. The second-order valence-electron chi connectivity index (χ2n) is 8.67. The van der Waals surface area contributed by atoms with Crippen molar-refractivity contribution in [3.05, 3.63) is 95.9 Å². The van der Waals surface area contributed by atoms with E-state index in [2.05, 4.69) is 91.9 Å². The second kappa shape index (κ2) is 10.9. The van der Waals surface area contributed by atoms with E-state index in [-0.39, 0.29) is 5.97 Å². The van der Waals surface area contributed by atoms with Crippen LogP contribution in [0.5, 0.6) is 0 Å². The Labute approximate surface area is 232 Å². The number of thioether (sulfide) groups is 2. The van der Waals surface area contributed by atoms with Gasteiger partial charge in [-0.15, -0.1) is 22.7 Å². The maximum Gasteiger partial charge on any atom is 0.335 e. The highest BCUT2D eigenvalue weighted by atomic mass is 32.2. The Kier molecular flexibility index (Phi) is 7.25. The van der Waals surface area contributed by atoms with Gasteiger partial charge in [-0.25, -0.2) is 4.79 Å². The van der Waals surface area contributed by atoms with Crippen LogP contribution in [0.4, 0.5) is 0 Å². The topological polar surface area (TPSA) is 26.3 Å². The number of ether oxygens (including phenoxy) is 1. The van der Waals surface area contributed by atoms with Crippen LogP contribution in [0.1, 0.15) is 19.8 Å². The minimum atomic E-state index is -0.228. The molecule has 0 saturated carbocycles. The van der Waals surface area contributed by atoms with Gasteiger partial charge in [0.05, 0.1) is 0 Å². The number of carbonyl (C=O) groups excluding carboxylic acids is 1. The van der Waals surface area contributed by atoms with Crippen LogP contribution in [0.2, 0.25) is 0 Å². The number of rotatable bonds is 8. The van der Waals surface area contributed by atoms with Gasteiger partial charge >= 0.3 is 5.97 Å². The fourth-order valence-electron chi connectivity index (χ4n) is 4.50. The van der Waals surface area contributed by atoms with Crippen LogP contribution in [-0.4, -0.2) is 11.9 Å². The first-order chi connectivity index (χ1) is 18.2. The van der Waals surface area contributed by atoms with Crippen LogP contribution in [-0.2, 0) is 9.53 Å². The maximum absolute atomic E-state index is 13.0. The lowest BCUT2D eigenvalue weighted by Crippen LogP contribution is -2.07. The number of carbonyl (C=O) groups is 1. The Morgan fingerprint density at radius 3 is 1.97 bits per heavy atom. The first-order valence-corrected chi connectivity index (χ1v) is 15.7. The van der Waals surface area contributed by atoms with E-state index in [4.69, 9.17) is 4.74 Å². The molecule has 0 atom stereocenters. The molecule has 0 radical (unpaired) electrons. The van der Waals surface area contributed by atoms with Crippen molar-refractivity contribution in [2.75, 3.05) is 5.94 Å². The van der Waals surface area contributed by atoms with E-state index >= 15 is 0 Å². The van der Waals surface area contributed by atoms with E-state index in [0.717, 1.165) is 16.9 Å². The summed E-state index contributed by atoms with van der Waals surface area (Å²) in [5.74, 6) is 0.0676. The maximum atomic E-state index is 13.0. The number of benzene rings is 4. The largest absolute Gasteiger partial charge is 0.451 e. The molecule has 37 heavy (non-hydrogen) atoms. The molecule has 2 nitrogen and oxygen atoms in total. The van der Waals surface area contributed by atoms with Crippen molar-refractivity contribution in [3.63, 3.8) is 0 Å². The van der Waals surface area contributed by atoms with Crippen molar-refractivity contribution < 1.29 is 9.53 Å². The van der Waals surface area contributed by atoms with Crippen LogP contribution < -0.4 is 0 Å². The normalized spacial score (nSPS) is 12.2. The highest BCUT2D eigenvalue weighted by Gasteiger charge is 2.14. The molecule has 6 aromatic rings. The summed E-state index contributed by atoms with van der Waals surface area (Å²) in [6.07, 6.45) is 1.59. The van der Waals surface area contributed by atoms with E-state index in [1.54, 1.807) is 46.2 Å². The monoisotopic (exact) mass is 556 g/mol. The Bertz CT molecular complexity index is 1780. The van der Waals surface area contributed by atoms with Crippen molar-refractivity contribution in [1.82, 2.24) is 0 Å². The molecule has 4 aromatic carbocycles. The summed E-state index contributed by atoms with van der Waals surface area (Å²) < 4.78 is 10.8. The molecule has 0 spiro atoms. The van der Waals surface area contributed by atoms with Gasteiger partial charge in [-0.3, -0.25) is 0 Å². The molecule has 0 fully saturated rings. The van der Waals surface area contributed by atoms with Crippen LogP contribution in [0.15, 0.2) is 106 Å². The lowest BCUT2D eigenvalue weighted by molar-refractivity contribution is -0.137. The van der Waals surface area contributed by atoms with E-state index in [9.17, 15) is 4.79 Å². The smallest absolute Gasteiger partial charge is 0.335 e. The summed E-state index contributed by atoms with van der Waals surface area (Å²) in [6, 6.07) is 29.8. The summed E-state index contributed by atoms with van der Waals surface area (Å²) in [7, 11) is 0.